The largest absolute Gasteiger partial charge is 0.360 e. The van der Waals surface area contributed by atoms with Crippen LogP contribution in [0.5, 0.6) is 0 Å². The second-order valence-electron chi connectivity index (χ2n) is 5.64. The van der Waals surface area contributed by atoms with Crippen LogP contribution in [0.15, 0.2) is 0 Å². The molecule has 3 atom stereocenters. The molecule has 2 heterocycles. The van der Waals surface area contributed by atoms with Gasteiger partial charge in [0.2, 0.25) is 0 Å². The van der Waals surface area contributed by atoms with Gasteiger partial charge in [-0.1, -0.05) is 13.8 Å². The molecule has 0 amide bonds. The van der Waals surface area contributed by atoms with Gasteiger partial charge < -0.3 is 9.64 Å². The van der Waals surface area contributed by atoms with Crippen molar-refractivity contribution in [2.45, 2.75) is 39.3 Å². The molecular weight excluding hydrogens is 200 g/mol. The van der Waals surface area contributed by atoms with Crippen LogP contribution < -0.4 is 5.32 Å². The molecule has 94 valence electrons. The Morgan fingerprint density at radius 3 is 2.94 bits per heavy atom. The molecule has 0 bridgehead atoms. The van der Waals surface area contributed by atoms with Gasteiger partial charge in [0, 0.05) is 19.0 Å². The zero-order valence-corrected chi connectivity index (χ0v) is 11.0. The summed E-state index contributed by atoms with van der Waals surface area (Å²) in [7, 11) is 0. The summed E-state index contributed by atoms with van der Waals surface area (Å²) in [5, 5.41) is 3.61. The highest BCUT2D eigenvalue weighted by Crippen LogP contribution is 2.30. The molecule has 0 radical (unpaired) electrons. The van der Waals surface area contributed by atoms with Crippen molar-refractivity contribution in [3.63, 3.8) is 0 Å². The smallest absolute Gasteiger partial charge is 0.120 e. The van der Waals surface area contributed by atoms with E-state index in [2.05, 4.69) is 31.0 Å². The van der Waals surface area contributed by atoms with Gasteiger partial charge in [0.25, 0.3) is 0 Å². The van der Waals surface area contributed by atoms with Gasteiger partial charge in [-0.3, -0.25) is 5.32 Å². The van der Waals surface area contributed by atoms with Crippen molar-refractivity contribution in [1.29, 1.82) is 0 Å². The van der Waals surface area contributed by atoms with Gasteiger partial charge >= 0.3 is 0 Å². The lowest BCUT2D eigenvalue weighted by molar-refractivity contribution is -0.147. The lowest BCUT2D eigenvalue weighted by Gasteiger charge is -2.46. The van der Waals surface area contributed by atoms with E-state index in [1.54, 1.807) is 0 Å². The molecule has 0 aliphatic carbocycles. The van der Waals surface area contributed by atoms with Crippen LogP contribution in [-0.4, -0.2) is 43.4 Å². The van der Waals surface area contributed by atoms with Crippen molar-refractivity contribution in [2.24, 2.45) is 11.8 Å². The normalized spacial score (nSPS) is 42.2. The highest BCUT2D eigenvalue weighted by molar-refractivity contribution is 4.89. The van der Waals surface area contributed by atoms with Gasteiger partial charge in [0.05, 0.1) is 6.61 Å². The van der Waals surface area contributed by atoms with E-state index in [-0.39, 0.29) is 5.72 Å². The van der Waals surface area contributed by atoms with E-state index in [9.17, 15) is 0 Å². The number of likely N-dealkylation sites (tertiary alicyclic amines) is 1. The van der Waals surface area contributed by atoms with Gasteiger partial charge in [-0.2, -0.15) is 0 Å². The molecule has 3 heteroatoms. The van der Waals surface area contributed by atoms with Crippen molar-refractivity contribution < 1.29 is 4.74 Å². The first-order chi connectivity index (χ1) is 7.64. The Hall–Kier alpha value is -0.120. The third-order valence-electron chi connectivity index (χ3n) is 4.20. The van der Waals surface area contributed by atoms with Crippen molar-refractivity contribution in [1.82, 2.24) is 10.2 Å². The van der Waals surface area contributed by atoms with E-state index < -0.39 is 0 Å². The van der Waals surface area contributed by atoms with Crippen LogP contribution in [-0.2, 0) is 4.74 Å². The maximum atomic E-state index is 6.07. The average molecular weight is 226 g/mol. The predicted molar refractivity (Wildman–Crippen MR) is 66.4 cm³/mol. The molecule has 0 saturated carbocycles. The zero-order chi connectivity index (χ0) is 11.6. The second-order valence-corrected chi connectivity index (χ2v) is 5.64. The standard InChI is InChI=1S/C13H26N2O/c1-4-15-7-5-6-12(9-15)13(3)14-8-11(2)10-16-13/h11-12,14H,4-10H2,1-3H3. The first-order valence-electron chi connectivity index (χ1n) is 6.75. The third kappa shape index (κ3) is 2.58. The minimum atomic E-state index is -0.0830. The third-order valence-corrected chi connectivity index (χ3v) is 4.20. The molecule has 0 aromatic rings. The van der Waals surface area contributed by atoms with E-state index in [4.69, 9.17) is 4.74 Å². The first-order valence-corrected chi connectivity index (χ1v) is 6.75. The minimum absolute atomic E-state index is 0.0830. The molecule has 2 rings (SSSR count). The van der Waals surface area contributed by atoms with Gasteiger partial charge in [0.1, 0.15) is 5.72 Å². The Balaban J connectivity index is 1.94. The summed E-state index contributed by atoms with van der Waals surface area (Å²) < 4.78 is 6.07. The SMILES string of the molecule is CCN1CCCC(C2(C)NCC(C)CO2)C1. The fraction of sp³-hybridized carbons (Fsp3) is 1.00. The number of nitrogens with zero attached hydrogens (tertiary/aromatic N) is 1. The van der Waals surface area contributed by atoms with E-state index in [0.29, 0.717) is 11.8 Å². The predicted octanol–water partition coefficient (Wildman–Crippen LogP) is 1.69. The fourth-order valence-corrected chi connectivity index (χ4v) is 2.86. The molecule has 2 aliphatic rings. The second kappa shape index (κ2) is 5.03. The van der Waals surface area contributed by atoms with E-state index in [1.165, 1.54) is 32.5 Å². The van der Waals surface area contributed by atoms with Crippen LogP contribution in [0.2, 0.25) is 0 Å². The van der Waals surface area contributed by atoms with Crippen LogP contribution in [0, 0.1) is 11.8 Å². The number of rotatable bonds is 2. The number of ether oxygens (including phenoxy) is 1. The van der Waals surface area contributed by atoms with Crippen molar-refractivity contribution in [2.75, 3.05) is 32.8 Å². The minimum Gasteiger partial charge on any atom is -0.360 e. The molecule has 0 aromatic carbocycles. The lowest BCUT2D eigenvalue weighted by Crippen LogP contribution is -2.60. The van der Waals surface area contributed by atoms with Gasteiger partial charge in [0.15, 0.2) is 0 Å². The maximum absolute atomic E-state index is 6.07. The summed E-state index contributed by atoms with van der Waals surface area (Å²) in [6, 6.07) is 0. The van der Waals surface area contributed by atoms with Crippen molar-refractivity contribution in [3.8, 4) is 0 Å². The molecule has 2 fully saturated rings. The highest BCUT2D eigenvalue weighted by Gasteiger charge is 2.39. The number of hydrogen-bond donors (Lipinski definition) is 1. The van der Waals surface area contributed by atoms with Gasteiger partial charge in [-0.15, -0.1) is 0 Å². The highest BCUT2D eigenvalue weighted by atomic mass is 16.5. The molecule has 3 nitrogen and oxygen atoms in total. The number of piperidine rings is 1. The molecule has 2 aliphatic heterocycles. The van der Waals surface area contributed by atoms with Gasteiger partial charge in [-0.25, -0.2) is 0 Å². The summed E-state index contributed by atoms with van der Waals surface area (Å²) in [6.07, 6.45) is 2.61. The Morgan fingerprint density at radius 1 is 1.50 bits per heavy atom. The van der Waals surface area contributed by atoms with E-state index in [0.717, 1.165) is 13.2 Å². The molecule has 2 saturated heterocycles. The van der Waals surface area contributed by atoms with Crippen molar-refractivity contribution >= 4 is 0 Å². The summed E-state index contributed by atoms with van der Waals surface area (Å²) >= 11 is 0. The molecule has 3 unspecified atom stereocenters. The van der Waals surface area contributed by atoms with Crippen LogP contribution >= 0.6 is 0 Å². The molecular formula is C13H26N2O. The Labute approximate surface area is 99.5 Å². The molecule has 1 N–H and O–H groups in total. The number of hydrogen-bond acceptors (Lipinski definition) is 3. The van der Waals surface area contributed by atoms with Crippen LogP contribution in [0.4, 0.5) is 0 Å². The van der Waals surface area contributed by atoms with Crippen LogP contribution in [0.3, 0.4) is 0 Å². The summed E-state index contributed by atoms with van der Waals surface area (Å²) in [4.78, 5) is 2.54. The molecule has 0 spiro atoms. The topological polar surface area (TPSA) is 24.5 Å². The monoisotopic (exact) mass is 226 g/mol. The first kappa shape index (κ1) is 12.3. The van der Waals surface area contributed by atoms with E-state index >= 15 is 0 Å². The van der Waals surface area contributed by atoms with Crippen LogP contribution in [0.1, 0.15) is 33.6 Å². The summed E-state index contributed by atoms with van der Waals surface area (Å²) in [6.45, 7) is 12.4. The fourth-order valence-electron chi connectivity index (χ4n) is 2.86. The van der Waals surface area contributed by atoms with Gasteiger partial charge in [-0.05, 0) is 38.8 Å². The maximum Gasteiger partial charge on any atom is 0.120 e. The lowest BCUT2D eigenvalue weighted by atomic mass is 9.87. The number of nitrogens with one attached hydrogen (secondary N) is 1. The van der Waals surface area contributed by atoms with Crippen LogP contribution in [0.25, 0.3) is 0 Å². The zero-order valence-electron chi connectivity index (χ0n) is 11.0. The van der Waals surface area contributed by atoms with E-state index in [1.807, 2.05) is 0 Å². The summed E-state index contributed by atoms with van der Waals surface area (Å²) in [5.41, 5.74) is -0.0830. The van der Waals surface area contributed by atoms with Crippen molar-refractivity contribution in [3.05, 3.63) is 0 Å². The quantitative estimate of drug-likeness (QED) is 0.775. The Morgan fingerprint density at radius 2 is 2.31 bits per heavy atom. The molecule has 16 heavy (non-hydrogen) atoms. The summed E-state index contributed by atoms with van der Waals surface area (Å²) in [5.74, 6) is 1.30. The Kier molecular flexibility index (Phi) is 3.88. The average Bonchev–Trinajstić information content (AvgIpc) is 2.33. The molecule has 0 aromatic heterocycles. The Bertz CT molecular complexity index is 224.